The van der Waals surface area contributed by atoms with Crippen LogP contribution in [-0.4, -0.2) is 27.3 Å². The Bertz CT molecular complexity index is 1170. The van der Waals surface area contributed by atoms with Crippen molar-refractivity contribution in [1.82, 2.24) is 20.2 Å². The monoisotopic (exact) mass is 450 g/mol. The molecule has 0 saturated heterocycles. The number of methoxy groups -OCH3 is 1. The number of nitrogens with one attached hydrogen (secondary N) is 1. The first-order valence-electron chi connectivity index (χ1n) is 10.9. The van der Waals surface area contributed by atoms with Crippen LogP contribution in [0.5, 0.6) is 5.75 Å². The number of tetrazole rings is 1. The molecule has 2 heterocycles. The van der Waals surface area contributed by atoms with E-state index in [1.165, 1.54) is 12.1 Å². The molecule has 0 spiro atoms. The molecule has 33 heavy (non-hydrogen) atoms. The van der Waals surface area contributed by atoms with Gasteiger partial charge in [0.05, 0.1) is 18.9 Å². The Hall–Kier alpha value is -3.52. The first kappa shape index (κ1) is 22.7. The van der Waals surface area contributed by atoms with Crippen molar-refractivity contribution < 1.29 is 18.4 Å². The lowest BCUT2D eigenvalue weighted by Crippen LogP contribution is -3.10. The summed E-state index contributed by atoms with van der Waals surface area (Å²) in [5.41, 5.74) is 1.68. The second-order valence-corrected chi connectivity index (χ2v) is 9.05. The van der Waals surface area contributed by atoms with Crippen LogP contribution in [-0.2, 0) is 18.6 Å². The second-order valence-electron chi connectivity index (χ2n) is 9.05. The summed E-state index contributed by atoms with van der Waals surface area (Å²) in [5.74, 6) is 2.06. The van der Waals surface area contributed by atoms with Gasteiger partial charge in [0, 0.05) is 11.1 Å². The van der Waals surface area contributed by atoms with E-state index in [1.807, 2.05) is 35.0 Å². The number of nitrogens with zero attached hydrogens (tertiary/aromatic N) is 4. The fourth-order valence-electron chi connectivity index (χ4n) is 4.02. The molecule has 0 bridgehead atoms. The van der Waals surface area contributed by atoms with Gasteiger partial charge in [0.1, 0.15) is 24.7 Å². The number of quaternary nitrogens is 1. The van der Waals surface area contributed by atoms with Crippen LogP contribution < -0.4 is 9.64 Å². The number of furan rings is 1. The molecule has 0 aliphatic heterocycles. The normalized spacial score (nSPS) is 13.6. The molecule has 2 aromatic heterocycles. The number of hydrogen-bond donors (Lipinski definition) is 1. The SMILES string of the molecule is COc1cccc(C[NH+](Cc2ccco2)[C@H](c2ccc(F)cc2)c2nnnn2C(C)(C)C)c1. The minimum absolute atomic E-state index is 0.267. The zero-order valence-electron chi connectivity index (χ0n) is 19.3. The Kier molecular flexibility index (Phi) is 6.55. The summed E-state index contributed by atoms with van der Waals surface area (Å²) in [6, 6.07) is 18.1. The summed E-state index contributed by atoms with van der Waals surface area (Å²) in [7, 11) is 1.66. The largest absolute Gasteiger partial charge is 0.497 e. The van der Waals surface area contributed by atoms with E-state index in [1.54, 1.807) is 25.5 Å². The Morgan fingerprint density at radius 1 is 1.06 bits per heavy atom. The van der Waals surface area contributed by atoms with Gasteiger partial charge < -0.3 is 14.1 Å². The molecule has 2 atom stereocenters. The molecule has 0 saturated carbocycles. The molecule has 2 aromatic carbocycles. The lowest BCUT2D eigenvalue weighted by Gasteiger charge is -2.30. The predicted octanol–water partition coefficient (Wildman–Crippen LogP) is 3.54. The molecule has 7 nitrogen and oxygen atoms in total. The van der Waals surface area contributed by atoms with Crippen molar-refractivity contribution >= 4 is 0 Å². The Balaban J connectivity index is 1.83. The standard InChI is InChI=1S/C25H28FN5O2/c1-25(2,3)31-24(27-28-29-31)23(19-10-12-20(26)13-11-19)30(17-22-9-6-14-33-22)16-18-7-5-8-21(15-18)32-4/h5-15,23H,16-17H2,1-4H3/p+1/t23-/m1/s1. The predicted molar refractivity (Wildman–Crippen MR) is 121 cm³/mol. The van der Waals surface area contributed by atoms with Crippen LogP contribution in [0.1, 0.15) is 49.5 Å². The minimum atomic E-state index is -0.330. The Morgan fingerprint density at radius 2 is 1.85 bits per heavy atom. The minimum Gasteiger partial charge on any atom is -0.497 e. The number of hydrogen-bond acceptors (Lipinski definition) is 5. The van der Waals surface area contributed by atoms with Crippen molar-refractivity contribution in [3.63, 3.8) is 0 Å². The van der Waals surface area contributed by atoms with Gasteiger partial charge in [-0.05, 0) is 79.7 Å². The number of ether oxygens (including phenoxy) is 1. The third-order valence-corrected chi connectivity index (χ3v) is 5.55. The molecule has 0 aliphatic carbocycles. The molecule has 0 radical (unpaired) electrons. The third-order valence-electron chi connectivity index (χ3n) is 5.55. The van der Waals surface area contributed by atoms with Crippen LogP contribution in [0.25, 0.3) is 0 Å². The zero-order chi connectivity index (χ0) is 23.4. The van der Waals surface area contributed by atoms with E-state index in [2.05, 4.69) is 42.4 Å². The van der Waals surface area contributed by atoms with Crippen molar-refractivity contribution in [3.05, 3.63) is 95.5 Å². The van der Waals surface area contributed by atoms with Crippen LogP contribution in [0.15, 0.2) is 71.3 Å². The topological polar surface area (TPSA) is 70.4 Å². The van der Waals surface area contributed by atoms with Gasteiger partial charge in [-0.3, -0.25) is 0 Å². The summed E-state index contributed by atoms with van der Waals surface area (Å²) in [6.07, 6.45) is 1.67. The molecule has 0 fully saturated rings. The summed E-state index contributed by atoms with van der Waals surface area (Å²) in [4.78, 5) is 1.13. The van der Waals surface area contributed by atoms with Gasteiger partial charge >= 0.3 is 0 Å². The molecule has 4 rings (SSSR count). The molecular formula is C25H29FN5O2+. The van der Waals surface area contributed by atoms with Gasteiger partial charge in [0.15, 0.2) is 11.8 Å². The fourth-order valence-corrected chi connectivity index (χ4v) is 4.02. The van der Waals surface area contributed by atoms with Crippen molar-refractivity contribution in [1.29, 1.82) is 0 Å². The zero-order valence-corrected chi connectivity index (χ0v) is 19.3. The highest BCUT2D eigenvalue weighted by molar-refractivity contribution is 5.28. The van der Waals surface area contributed by atoms with Crippen molar-refractivity contribution in [2.45, 2.75) is 45.4 Å². The number of rotatable bonds is 8. The lowest BCUT2D eigenvalue weighted by molar-refractivity contribution is -0.954. The number of halogens is 1. The quantitative estimate of drug-likeness (QED) is 0.445. The average Bonchev–Trinajstić information content (AvgIpc) is 3.47. The lowest BCUT2D eigenvalue weighted by atomic mass is 10.0. The van der Waals surface area contributed by atoms with Gasteiger partial charge in [0.25, 0.3) is 0 Å². The van der Waals surface area contributed by atoms with E-state index in [0.29, 0.717) is 18.9 Å². The summed E-state index contributed by atoms with van der Waals surface area (Å²) in [5, 5.41) is 12.7. The first-order chi connectivity index (χ1) is 15.8. The molecule has 0 amide bonds. The van der Waals surface area contributed by atoms with E-state index < -0.39 is 0 Å². The van der Waals surface area contributed by atoms with Crippen molar-refractivity contribution in [3.8, 4) is 5.75 Å². The molecule has 0 aliphatic rings. The maximum absolute atomic E-state index is 13.8. The van der Waals surface area contributed by atoms with Crippen molar-refractivity contribution in [2.24, 2.45) is 0 Å². The van der Waals surface area contributed by atoms with Crippen LogP contribution in [0, 0.1) is 5.82 Å². The maximum Gasteiger partial charge on any atom is 0.214 e. The first-order valence-corrected chi connectivity index (χ1v) is 10.9. The molecule has 8 heteroatoms. The Labute approximate surface area is 192 Å². The molecule has 1 N–H and O–H groups in total. The molecule has 172 valence electrons. The van der Waals surface area contributed by atoms with Crippen LogP contribution in [0.4, 0.5) is 4.39 Å². The van der Waals surface area contributed by atoms with E-state index in [0.717, 1.165) is 27.5 Å². The highest BCUT2D eigenvalue weighted by Crippen LogP contribution is 2.23. The van der Waals surface area contributed by atoms with Gasteiger partial charge in [-0.1, -0.05) is 12.1 Å². The number of aromatic nitrogens is 4. The highest BCUT2D eigenvalue weighted by Gasteiger charge is 2.35. The average molecular weight is 451 g/mol. The van der Waals surface area contributed by atoms with Crippen LogP contribution >= 0.6 is 0 Å². The maximum atomic E-state index is 13.8. The van der Waals surface area contributed by atoms with Gasteiger partial charge in [-0.2, -0.15) is 0 Å². The highest BCUT2D eigenvalue weighted by atomic mass is 19.1. The van der Waals surface area contributed by atoms with Gasteiger partial charge in [-0.15, -0.1) is 5.10 Å². The van der Waals surface area contributed by atoms with Gasteiger partial charge in [-0.25, -0.2) is 9.07 Å². The molecule has 4 aromatic rings. The smallest absolute Gasteiger partial charge is 0.214 e. The van der Waals surface area contributed by atoms with E-state index in [4.69, 9.17) is 9.15 Å². The van der Waals surface area contributed by atoms with E-state index in [-0.39, 0.29) is 17.4 Å². The Morgan fingerprint density at radius 3 is 2.52 bits per heavy atom. The van der Waals surface area contributed by atoms with Gasteiger partial charge in [0.2, 0.25) is 5.82 Å². The van der Waals surface area contributed by atoms with E-state index >= 15 is 0 Å². The fraction of sp³-hybridized carbons (Fsp3) is 0.320. The van der Waals surface area contributed by atoms with Crippen LogP contribution in [0.2, 0.25) is 0 Å². The van der Waals surface area contributed by atoms with Crippen LogP contribution in [0.3, 0.4) is 0 Å². The summed E-state index contributed by atoms with van der Waals surface area (Å²) in [6.45, 7) is 7.41. The summed E-state index contributed by atoms with van der Waals surface area (Å²) < 4.78 is 26.8. The van der Waals surface area contributed by atoms with Crippen molar-refractivity contribution in [2.75, 3.05) is 7.11 Å². The second kappa shape index (κ2) is 9.54. The molecular weight excluding hydrogens is 421 g/mol. The molecule has 1 unspecified atom stereocenters. The van der Waals surface area contributed by atoms with E-state index in [9.17, 15) is 4.39 Å². The summed E-state index contributed by atoms with van der Waals surface area (Å²) >= 11 is 0. The number of benzene rings is 2. The third kappa shape index (κ3) is 5.28.